The molecule has 1 aliphatic carbocycles. The summed E-state index contributed by atoms with van der Waals surface area (Å²) in [4.78, 5) is 36.8. The Morgan fingerprint density at radius 2 is 1.81 bits per heavy atom. The van der Waals surface area contributed by atoms with Crippen molar-refractivity contribution in [2.75, 3.05) is 19.0 Å². The normalized spacial score (nSPS) is 29.7. The van der Waals surface area contributed by atoms with Gasteiger partial charge in [-0.05, 0) is 77.0 Å². The van der Waals surface area contributed by atoms with Crippen molar-refractivity contribution in [1.82, 2.24) is 0 Å². The maximum absolute atomic E-state index is 12.9. The van der Waals surface area contributed by atoms with E-state index in [4.69, 9.17) is 18.9 Å². The quantitative estimate of drug-likeness (QED) is 0.154. The molecule has 1 N–H and O–H groups in total. The van der Waals surface area contributed by atoms with Crippen LogP contribution in [0, 0.1) is 11.8 Å². The molecule has 8 heteroatoms. The molecule has 8 nitrogen and oxygen atoms in total. The highest BCUT2D eigenvalue weighted by Gasteiger charge is 2.72. The molecule has 2 saturated heterocycles. The second-order valence-electron chi connectivity index (χ2n) is 13.0. The second-order valence-corrected chi connectivity index (χ2v) is 13.0. The fraction of sp³-hybridized carbons (Fsp3) is 0.676. The number of aryl methyl sites for hydroxylation is 1. The van der Waals surface area contributed by atoms with E-state index in [1.54, 1.807) is 7.11 Å². The zero-order chi connectivity index (χ0) is 30.5. The Morgan fingerprint density at radius 1 is 1.10 bits per heavy atom. The first-order valence-corrected chi connectivity index (χ1v) is 15.6. The summed E-state index contributed by atoms with van der Waals surface area (Å²) < 4.78 is 24.3. The van der Waals surface area contributed by atoms with Gasteiger partial charge < -0.3 is 24.3 Å². The average molecular weight is 584 g/mol. The van der Waals surface area contributed by atoms with Crippen molar-refractivity contribution in [1.29, 1.82) is 0 Å². The highest BCUT2D eigenvalue weighted by Crippen LogP contribution is 2.59. The van der Waals surface area contributed by atoms with Crippen LogP contribution >= 0.6 is 0 Å². The minimum atomic E-state index is -0.355. The van der Waals surface area contributed by atoms with E-state index in [-0.39, 0.29) is 59.0 Å². The van der Waals surface area contributed by atoms with Crippen molar-refractivity contribution in [3.05, 3.63) is 41.5 Å². The minimum Gasteiger partial charge on any atom is -0.460 e. The zero-order valence-electron chi connectivity index (χ0n) is 26.2. The van der Waals surface area contributed by atoms with Gasteiger partial charge in [0.1, 0.15) is 29.2 Å². The topological polar surface area (TPSA) is 107 Å². The van der Waals surface area contributed by atoms with Gasteiger partial charge in [-0.15, -0.1) is 0 Å². The van der Waals surface area contributed by atoms with Gasteiger partial charge >= 0.3 is 5.97 Å². The van der Waals surface area contributed by atoms with Crippen LogP contribution in [0.1, 0.15) is 91.5 Å². The average Bonchev–Trinajstić information content (AvgIpc) is 3.86. The molecule has 232 valence electrons. The summed E-state index contributed by atoms with van der Waals surface area (Å²) in [6.45, 7) is 10.8. The molecule has 1 spiro atoms. The van der Waals surface area contributed by atoms with Crippen LogP contribution in [0.5, 0.6) is 0 Å². The van der Waals surface area contributed by atoms with E-state index in [1.807, 2.05) is 38.1 Å². The van der Waals surface area contributed by atoms with Crippen molar-refractivity contribution in [3.8, 4) is 0 Å². The number of hydrogen-bond acceptors (Lipinski definition) is 7. The Kier molecular flexibility index (Phi) is 10.7. The van der Waals surface area contributed by atoms with E-state index in [9.17, 15) is 14.4 Å². The SMILES string of the molecule is CO[C@@H]1[C@H](OC(=O)CCCc2ccc(NC(=O)CCCC(=O)C(C)C)cc2)CC[C@]2(CO2)[C@H]1[C@@]1(C)O[C@@H]1CC=C(C)C. The van der Waals surface area contributed by atoms with Gasteiger partial charge in [0.15, 0.2) is 0 Å². The van der Waals surface area contributed by atoms with E-state index < -0.39 is 0 Å². The Labute approximate surface area is 250 Å². The van der Waals surface area contributed by atoms with Crippen LogP contribution in [0.3, 0.4) is 0 Å². The van der Waals surface area contributed by atoms with E-state index in [1.165, 1.54) is 5.57 Å². The number of epoxide rings is 2. The van der Waals surface area contributed by atoms with Gasteiger partial charge in [-0.3, -0.25) is 14.4 Å². The van der Waals surface area contributed by atoms with Crippen LogP contribution in [0.15, 0.2) is 35.9 Å². The first-order chi connectivity index (χ1) is 20.0. The standard InChI is InChI=1S/C34H49NO7/c1-22(2)13-18-28-33(5,42-28)32-31(39-6)27(19-20-34(32)21-40-34)41-30(38)12-7-9-24-14-16-25(17-15-24)35-29(37)11-8-10-26(36)23(3)4/h13-17,23,27-28,31-32H,7-12,18-21H2,1-6H3,(H,35,37)/t27-,28-,31-,32-,33+,34+/m1/s1. The molecule has 2 aliphatic heterocycles. The van der Waals surface area contributed by atoms with Gasteiger partial charge in [0, 0.05) is 38.0 Å². The van der Waals surface area contributed by atoms with Gasteiger partial charge in [0.05, 0.1) is 18.6 Å². The summed E-state index contributed by atoms with van der Waals surface area (Å²) >= 11 is 0. The van der Waals surface area contributed by atoms with Gasteiger partial charge in [-0.1, -0.05) is 37.6 Å². The molecule has 0 bridgehead atoms. The summed E-state index contributed by atoms with van der Waals surface area (Å²) in [5.74, 6) is -0.100. The number of carbonyl (C=O) groups is 3. The minimum absolute atomic E-state index is 0.00563. The number of amides is 1. The molecular formula is C34H49NO7. The third-order valence-electron chi connectivity index (χ3n) is 9.07. The number of benzene rings is 1. The Bertz CT molecular complexity index is 1140. The summed E-state index contributed by atoms with van der Waals surface area (Å²) in [5.41, 5.74) is 2.49. The number of anilines is 1. The lowest BCUT2D eigenvalue weighted by Crippen LogP contribution is -2.55. The molecule has 6 atom stereocenters. The molecule has 1 aromatic carbocycles. The van der Waals surface area contributed by atoms with E-state index in [0.29, 0.717) is 38.7 Å². The number of methoxy groups -OCH3 is 1. The van der Waals surface area contributed by atoms with Crippen molar-refractivity contribution >= 4 is 23.3 Å². The van der Waals surface area contributed by atoms with Gasteiger partial charge in [-0.2, -0.15) is 0 Å². The number of ketones is 1. The molecule has 1 amide bonds. The van der Waals surface area contributed by atoms with E-state index >= 15 is 0 Å². The fourth-order valence-electron chi connectivity index (χ4n) is 6.42. The molecule has 0 radical (unpaired) electrons. The van der Waals surface area contributed by atoms with Crippen LogP contribution in [0.4, 0.5) is 5.69 Å². The maximum atomic E-state index is 12.9. The highest BCUT2D eigenvalue weighted by molar-refractivity contribution is 5.91. The third kappa shape index (κ3) is 8.08. The van der Waals surface area contributed by atoms with Crippen LogP contribution < -0.4 is 5.32 Å². The summed E-state index contributed by atoms with van der Waals surface area (Å²) in [6.07, 6.45) is 7.19. The molecule has 2 heterocycles. The Morgan fingerprint density at radius 3 is 2.43 bits per heavy atom. The third-order valence-corrected chi connectivity index (χ3v) is 9.07. The molecule has 3 fully saturated rings. The largest absolute Gasteiger partial charge is 0.460 e. The lowest BCUT2D eigenvalue weighted by molar-refractivity contribution is -0.172. The van der Waals surface area contributed by atoms with Crippen LogP contribution in [-0.4, -0.2) is 60.9 Å². The molecule has 1 aromatic rings. The fourth-order valence-corrected chi connectivity index (χ4v) is 6.42. The molecule has 4 rings (SSSR count). The van der Waals surface area contributed by atoms with Gasteiger partial charge in [-0.25, -0.2) is 0 Å². The highest BCUT2D eigenvalue weighted by atomic mass is 16.6. The van der Waals surface area contributed by atoms with Crippen molar-refractivity contribution in [2.45, 2.75) is 122 Å². The lowest BCUT2D eigenvalue weighted by atomic mass is 9.68. The molecule has 0 aromatic heterocycles. The van der Waals surface area contributed by atoms with Crippen LogP contribution in [0.25, 0.3) is 0 Å². The van der Waals surface area contributed by atoms with Crippen LogP contribution in [-0.2, 0) is 39.8 Å². The number of esters is 1. The predicted molar refractivity (Wildman–Crippen MR) is 161 cm³/mol. The first-order valence-electron chi connectivity index (χ1n) is 15.6. The van der Waals surface area contributed by atoms with Crippen molar-refractivity contribution in [2.24, 2.45) is 11.8 Å². The summed E-state index contributed by atoms with van der Waals surface area (Å²) in [7, 11) is 1.69. The maximum Gasteiger partial charge on any atom is 0.306 e. The molecule has 3 aliphatic rings. The first kappa shape index (κ1) is 32.4. The Hall–Kier alpha value is -2.55. The Balaban J connectivity index is 1.21. The molecule has 42 heavy (non-hydrogen) atoms. The zero-order valence-corrected chi connectivity index (χ0v) is 26.2. The monoisotopic (exact) mass is 583 g/mol. The summed E-state index contributed by atoms with van der Waals surface area (Å²) in [5, 5.41) is 2.89. The number of allylic oxidation sites excluding steroid dienone is 1. The molecular weight excluding hydrogens is 534 g/mol. The molecule has 0 unspecified atom stereocenters. The number of hydrogen-bond donors (Lipinski definition) is 1. The number of nitrogens with one attached hydrogen (secondary N) is 1. The van der Waals surface area contributed by atoms with Gasteiger partial charge in [0.2, 0.25) is 5.91 Å². The number of carbonyl (C=O) groups excluding carboxylic acids is 3. The second kappa shape index (κ2) is 13.8. The number of Topliss-reactive ketones (excluding diaryl/α,β-unsaturated/α-hetero) is 1. The van der Waals surface area contributed by atoms with E-state index in [2.05, 4.69) is 32.2 Å². The number of rotatable bonds is 15. The van der Waals surface area contributed by atoms with Crippen LogP contribution in [0.2, 0.25) is 0 Å². The van der Waals surface area contributed by atoms with E-state index in [0.717, 1.165) is 36.9 Å². The summed E-state index contributed by atoms with van der Waals surface area (Å²) in [6, 6.07) is 7.68. The number of ether oxygens (including phenoxy) is 4. The lowest BCUT2D eigenvalue weighted by Gasteiger charge is -2.42. The van der Waals surface area contributed by atoms with Gasteiger partial charge in [0.25, 0.3) is 0 Å². The predicted octanol–water partition coefficient (Wildman–Crippen LogP) is 5.96. The van der Waals surface area contributed by atoms with Crippen molar-refractivity contribution in [3.63, 3.8) is 0 Å². The molecule has 1 saturated carbocycles. The van der Waals surface area contributed by atoms with Crippen molar-refractivity contribution < 1.29 is 33.3 Å². The smallest absolute Gasteiger partial charge is 0.306 e.